The summed E-state index contributed by atoms with van der Waals surface area (Å²) in [5.74, 6) is -0.202. The second kappa shape index (κ2) is 5.09. The van der Waals surface area contributed by atoms with E-state index in [9.17, 15) is 4.79 Å². The van der Waals surface area contributed by atoms with Crippen LogP contribution in [0.1, 0.15) is 45.0 Å². The predicted molar refractivity (Wildman–Crippen MR) is 81.1 cm³/mol. The molecule has 0 unspecified atom stereocenters. The summed E-state index contributed by atoms with van der Waals surface area (Å²) in [6, 6.07) is 4.18. The SMILES string of the molecule is COC(=O)c1c(-n2c(C)ccc2C)sc2c1CCCC2. The quantitative estimate of drug-likeness (QED) is 0.787. The molecule has 20 heavy (non-hydrogen) atoms. The number of aryl methyl sites for hydroxylation is 3. The van der Waals surface area contributed by atoms with Crippen molar-refractivity contribution in [2.75, 3.05) is 7.11 Å². The fourth-order valence-corrected chi connectivity index (χ4v) is 4.51. The summed E-state index contributed by atoms with van der Waals surface area (Å²) in [5.41, 5.74) is 4.32. The first kappa shape index (κ1) is 13.4. The molecule has 0 spiro atoms. The van der Waals surface area contributed by atoms with E-state index in [1.807, 2.05) is 0 Å². The van der Waals surface area contributed by atoms with Gasteiger partial charge in [-0.15, -0.1) is 11.3 Å². The molecule has 4 heteroatoms. The van der Waals surface area contributed by atoms with Gasteiger partial charge < -0.3 is 9.30 Å². The highest BCUT2D eigenvalue weighted by Crippen LogP contribution is 2.38. The molecule has 0 atom stereocenters. The summed E-state index contributed by atoms with van der Waals surface area (Å²) in [6.07, 6.45) is 4.47. The number of rotatable bonds is 2. The molecule has 1 aliphatic rings. The van der Waals surface area contributed by atoms with E-state index in [0.29, 0.717) is 0 Å². The Morgan fingerprint density at radius 3 is 2.50 bits per heavy atom. The molecule has 106 valence electrons. The third-order valence-electron chi connectivity index (χ3n) is 4.02. The molecule has 3 nitrogen and oxygen atoms in total. The number of carbonyl (C=O) groups excluding carboxylic acids is 1. The molecular formula is C16H19NO2S. The van der Waals surface area contributed by atoms with Gasteiger partial charge in [0.1, 0.15) is 5.00 Å². The highest BCUT2D eigenvalue weighted by atomic mass is 32.1. The number of hydrogen-bond donors (Lipinski definition) is 0. The van der Waals surface area contributed by atoms with Crippen LogP contribution >= 0.6 is 11.3 Å². The van der Waals surface area contributed by atoms with E-state index >= 15 is 0 Å². The number of hydrogen-bond acceptors (Lipinski definition) is 3. The van der Waals surface area contributed by atoms with Crippen molar-refractivity contribution in [2.24, 2.45) is 0 Å². The minimum Gasteiger partial charge on any atom is -0.465 e. The van der Waals surface area contributed by atoms with Gasteiger partial charge in [-0.3, -0.25) is 0 Å². The van der Waals surface area contributed by atoms with Crippen molar-refractivity contribution >= 4 is 17.3 Å². The maximum atomic E-state index is 12.3. The lowest BCUT2D eigenvalue weighted by atomic mass is 9.95. The Morgan fingerprint density at radius 1 is 1.20 bits per heavy atom. The number of nitrogens with zero attached hydrogens (tertiary/aromatic N) is 1. The van der Waals surface area contributed by atoms with Gasteiger partial charge in [0.2, 0.25) is 0 Å². The van der Waals surface area contributed by atoms with Gasteiger partial charge in [-0.25, -0.2) is 4.79 Å². The molecule has 0 amide bonds. The molecule has 2 aromatic heterocycles. The Bertz CT molecular complexity index is 647. The summed E-state index contributed by atoms with van der Waals surface area (Å²) in [5, 5.41) is 1.03. The first-order chi connectivity index (χ1) is 9.63. The molecule has 0 radical (unpaired) electrons. The average molecular weight is 289 g/mol. The Labute approximate surface area is 123 Å². The van der Waals surface area contributed by atoms with E-state index in [4.69, 9.17) is 4.74 Å². The molecule has 2 heterocycles. The van der Waals surface area contributed by atoms with Crippen molar-refractivity contribution in [3.05, 3.63) is 39.5 Å². The Morgan fingerprint density at radius 2 is 1.85 bits per heavy atom. The van der Waals surface area contributed by atoms with Crippen LogP contribution in [0.3, 0.4) is 0 Å². The van der Waals surface area contributed by atoms with Crippen molar-refractivity contribution in [1.29, 1.82) is 0 Å². The lowest BCUT2D eigenvalue weighted by Crippen LogP contribution is -2.11. The van der Waals surface area contributed by atoms with Gasteiger partial charge in [0, 0.05) is 16.3 Å². The summed E-state index contributed by atoms with van der Waals surface area (Å²) in [7, 11) is 1.47. The van der Waals surface area contributed by atoms with Crippen molar-refractivity contribution in [2.45, 2.75) is 39.5 Å². The van der Waals surface area contributed by atoms with E-state index in [0.717, 1.165) is 41.2 Å². The van der Waals surface area contributed by atoms with Crippen LogP contribution < -0.4 is 0 Å². The smallest absolute Gasteiger partial charge is 0.341 e. The van der Waals surface area contributed by atoms with Crippen molar-refractivity contribution in [3.8, 4) is 5.00 Å². The zero-order valence-corrected chi connectivity index (χ0v) is 13.0. The summed E-state index contributed by atoms with van der Waals surface area (Å²) in [6.45, 7) is 4.15. The zero-order chi connectivity index (χ0) is 14.3. The zero-order valence-electron chi connectivity index (χ0n) is 12.2. The maximum Gasteiger partial charge on any atom is 0.341 e. The van der Waals surface area contributed by atoms with Gasteiger partial charge in [-0.2, -0.15) is 0 Å². The van der Waals surface area contributed by atoms with Crippen LogP contribution in [-0.4, -0.2) is 17.6 Å². The van der Waals surface area contributed by atoms with Crippen molar-refractivity contribution in [3.63, 3.8) is 0 Å². The number of fused-ring (bicyclic) bond motifs is 1. The van der Waals surface area contributed by atoms with Crippen LogP contribution in [0.15, 0.2) is 12.1 Å². The van der Waals surface area contributed by atoms with E-state index in [1.54, 1.807) is 11.3 Å². The number of esters is 1. The van der Waals surface area contributed by atoms with Crippen LogP contribution in [0, 0.1) is 13.8 Å². The normalized spacial score (nSPS) is 14.2. The molecular weight excluding hydrogens is 270 g/mol. The highest BCUT2D eigenvalue weighted by molar-refractivity contribution is 7.15. The van der Waals surface area contributed by atoms with Gasteiger partial charge in [-0.05, 0) is 57.2 Å². The van der Waals surface area contributed by atoms with Gasteiger partial charge >= 0.3 is 5.97 Å². The van der Waals surface area contributed by atoms with Crippen molar-refractivity contribution < 1.29 is 9.53 Å². The number of thiophene rings is 1. The lowest BCUT2D eigenvalue weighted by Gasteiger charge is -2.12. The molecule has 0 saturated carbocycles. The summed E-state index contributed by atoms with van der Waals surface area (Å²) in [4.78, 5) is 13.6. The summed E-state index contributed by atoms with van der Waals surface area (Å²) < 4.78 is 7.21. The monoisotopic (exact) mass is 289 g/mol. The van der Waals surface area contributed by atoms with Crippen molar-refractivity contribution in [1.82, 2.24) is 4.57 Å². The first-order valence-electron chi connectivity index (χ1n) is 7.01. The molecule has 1 aliphatic carbocycles. The van der Waals surface area contributed by atoms with E-state index in [-0.39, 0.29) is 5.97 Å². The van der Waals surface area contributed by atoms with Crippen LogP contribution in [0.25, 0.3) is 5.00 Å². The number of ether oxygens (including phenoxy) is 1. The standard InChI is InChI=1S/C16H19NO2S/c1-10-8-9-11(2)17(10)15-14(16(18)19-3)12-6-4-5-7-13(12)20-15/h8-9H,4-7H2,1-3H3. The lowest BCUT2D eigenvalue weighted by molar-refractivity contribution is 0.0600. The van der Waals surface area contributed by atoms with Crippen LogP contribution in [-0.2, 0) is 17.6 Å². The third kappa shape index (κ3) is 1.99. The van der Waals surface area contributed by atoms with E-state index < -0.39 is 0 Å². The van der Waals surface area contributed by atoms with Gasteiger partial charge in [-0.1, -0.05) is 0 Å². The second-order valence-corrected chi connectivity index (χ2v) is 6.42. The summed E-state index contributed by atoms with van der Waals surface area (Å²) >= 11 is 1.75. The minimum absolute atomic E-state index is 0.202. The largest absolute Gasteiger partial charge is 0.465 e. The minimum atomic E-state index is -0.202. The molecule has 0 N–H and O–H groups in total. The Kier molecular flexibility index (Phi) is 3.42. The number of carbonyl (C=O) groups is 1. The molecule has 0 bridgehead atoms. The Balaban J connectivity index is 2.25. The number of methoxy groups -OCH3 is 1. The van der Waals surface area contributed by atoms with E-state index in [1.165, 1.54) is 24.0 Å². The van der Waals surface area contributed by atoms with Crippen LogP contribution in [0.2, 0.25) is 0 Å². The predicted octanol–water partition coefficient (Wildman–Crippen LogP) is 3.82. The highest BCUT2D eigenvalue weighted by Gasteiger charge is 2.27. The van der Waals surface area contributed by atoms with Gasteiger partial charge in [0.05, 0.1) is 12.7 Å². The maximum absolute atomic E-state index is 12.3. The Hall–Kier alpha value is -1.55. The van der Waals surface area contributed by atoms with Gasteiger partial charge in [0.15, 0.2) is 0 Å². The first-order valence-corrected chi connectivity index (χ1v) is 7.83. The molecule has 0 aliphatic heterocycles. The third-order valence-corrected chi connectivity index (χ3v) is 5.29. The topological polar surface area (TPSA) is 31.2 Å². The van der Waals surface area contributed by atoms with Crippen LogP contribution in [0.5, 0.6) is 0 Å². The van der Waals surface area contributed by atoms with Crippen LogP contribution in [0.4, 0.5) is 0 Å². The molecule has 3 rings (SSSR count). The average Bonchev–Trinajstić information content (AvgIpc) is 2.98. The number of aromatic nitrogens is 1. The molecule has 0 aromatic carbocycles. The molecule has 2 aromatic rings. The molecule has 0 saturated heterocycles. The second-order valence-electron chi connectivity index (χ2n) is 5.33. The van der Waals surface area contributed by atoms with Gasteiger partial charge in [0.25, 0.3) is 0 Å². The fourth-order valence-electron chi connectivity index (χ4n) is 3.01. The molecule has 0 fully saturated rings. The fraction of sp³-hybridized carbons (Fsp3) is 0.438. The van der Waals surface area contributed by atoms with E-state index in [2.05, 4.69) is 30.5 Å².